The van der Waals surface area contributed by atoms with Gasteiger partial charge in [0, 0.05) is 0 Å². The fourth-order valence-corrected chi connectivity index (χ4v) is 4.35. The zero-order valence-electron chi connectivity index (χ0n) is 15.7. The third-order valence-corrected chi connectivity index (χ3v) is 6.33. The highest BCUT2D eigenvalue weighted by atomic mass is 16.5. The predicted molar refractivity (Wildman–Crippen MR) is 96.1 cm³/mol. The minimum atomic E-state index is 0.398. The van der Waals surface area contributed by atoms with E-state index in [-0.39, 0.29) is 0 Å². The van der Waals surface area contributed by atoms with Gasteiger partial charge in [0.15, 0.2) is 0 Å². The lowest BCUT2D eigenvalue weighted by molar-refractivity contribution is 0.0708. The Kier molecular flexibility index (Phi) is 6.04. The van der Waals surface area contributed by atoms with Gasteiger partial charge in [0.2, 0.25) is 0 Å². The molecule has 2 aliphatic heterocycles. The number of hydrogen-bond acceptors (Lipinski definition) is 3. The van der Waals surface area contributed by atoms with E-state index in [9.17, 15) is 0 Å². The minimum Gasteiger partial charge on any atom is -0.472 e. The molecule has 6 unspecified atom stereocenters. The molecule has 3 nitrogen and oxygen atoms in total. The summed E-state index contributed by atoms with van der Waals surface area (Å²) in [5.41, 5.74) is 1.29. The SMILES string of the molecule is CC(CC1CC(C(C)CC2CC(C(C)C)CO2)CO1)c1ccoc1. The van der Waals surface area contributed by atoms with E-state index in [1.807, 2.05) is 6.26 Å². The van der Waals surface area contributed by atoms with Gasteiger partial charge in [0.05, 0.1) is 37.9 Å². The van der Waals surface area contributed by atoms with E-state index < -0.39 is 0 Å². The second kappa shape index (κ2) is 8.05. The van der Waals surface area contributed by atoms with Crippen molar-refractivity contribution in [2.45, 2.75) is 71.5 Å². The van der Waals surface area contributed by atoms with Crippen molar-refractivity contribution in [1.29, 1.82) is 0 Å². The van der Waals surface area contributed by atoms with Gasteiger partial charge >= 0.3 is 0 Å². The second-order valence-corrected chi connectivity index (χ2v) is 8.55. The summed E-state index contributed by atoms with van der Waals surface area (Å²) in [4.78, 5) is 0. The van der Waals surface area contributed by atoms with Crippen LogP contribution in [-0.2, 0) is 9.47 Å². The lowest BCUT2D eigenvalue weighted by Gasteiger charge is -2.21. The summed E-state index contributed by atoms with van der Waals surface area (Å²) < 4.78 is 17.4. The zero-order chi connectivity index (χ0) is 17.1. The molecular formula is C21H34O3. The Labute approximate surface area is 147 Å². The molecular weight excluding hydrogens is 300 g/mol. The molecule has 2 saturated heterocycles. The smallest absolute Gasteiger partial charge is 0.0937 e. The molecule has 0 aromatic carbocycles. The van der Waals surface area contributed by atoms with Crippen LogP contribution >= 0.6 is 0 Å². The normalized spacial score (nSPS) is 33.2. The Hall–Kier alpha value is -0.800. The summed E-state index contributed by atoms with van der Waals surface area (Å²) in [7, 11) is 0. The van der Waals surface area contributed by atoms with Crippen molar-refractivity contribution < 1.29 is 13.9 Å². The quantitative estimate of drug-likeness (QED) is 0.681. The fourth-order valence-electron chi connectivity index (χ4n) is 4.35. The van der Waals surface area contributed by atoms with Crippen LogP contribution in [0.5, 0.6) is 0 Å². The number of ether oxygens (including phenoxy) is 2. The number of hydrogen-bond donors (Lipinski definition) is 0. The molecule has 0 bridgehead atoms. The van der Waals surface area contributed by atoms with E-state index in [2.05, 4.69) is 33.8 Å². The summed E-state index contributed by atoms with van der Waals surface area (Å²) in [6, 6.07) is 2.07. The molecule has 3 heteroatoms. The first-order chi connectivity index (χ1) is 11.5. The fraction of sp³-hybridized carbons (Fsp3) is 0.810. The van der Waals surface area contributed by atoms with E-state index in [4.69, 9.17) is 13.9 Å². The molecule has 0 radical (unpaired) electrons. The van der Waals surface area contributed by atoms with E-state index in [0.29, 0.717) is 30.0 Å². The van der Waals surface area contributed by atoms with E-state index >= 15 is 0 Å². The van der Waals surface area contributed by atoms with Crippen LogP contribution in [0.25, 0.3) is 0 Å². The molecule has 136 valence electrons. The summed E-state index contributed by atoms with van der Waals surface area (Å²) >= 11 is 0. The molecule has 6 atom stereocenters. The van der Waals surface area contributed by atoms with Crippen molar-refractivity contribution in [3.63, 3.8) is 0 Å². The van der Waals surface area contributed by atoms with Crippen molar-refractivity contribution in [2.24, 2.45) is 23.7 Å². The highest BCUT2D eigenvalue weighted by Gasteiger charge is 2.34. The van der Waals surface area contributed by atoms with Gasteiger partial charge in [-0.05, 0) is 66.9 Å². The first-order valence-corrected chi connectivity index (χ1v) is 9.78. The first kappa shape index (κ1) is 18.0. The van der Waals surface area contributed by atoms with Gasteiger partial charge in [0.25, 0.3) is 0 Å². The largest absolute Gasteiger partial charge is 0.472 e. The number of furan rings is 1. The van der Waals surface area contributed by atoms with Crippen LogP contribution in [-0.4, -0.2) is 25.4 Å². The van der Waals surface area contributed by atoms with E-state index in [1.165, 1.54) is 24.8 Å². The maximum atomic E-state index is 6.11. The Bertz CT molecular complexity index is 481. The molecule has 0 aliphatic carbocycles. The zero-order valence-corrected chi connectivity index (χ0v) is 15.7. The Morgan fingerprint density at radius 3 is 2.25 bits per heavy atom. The topological polar surface area (TPSA) is 31.6 Å². The van der Waals surface area contributed by atoms with Crippen LogP contribution in [0.15, 0.2) is 23.0 Å². The summed E-state index contributed by atoms with van der Waals surface area (Å²) in [5, 5.41) is 0. The Balaban J connectivity index is 1.42. The average molecular weight is 335 g/mol. The lowest BCUT2D eigenvalue weighted by Crippen LogP contribution is -2.19. The van der Waals surface area contributed by atoms with Crippen LogP contribution in [0.2, 0.25) is 0 Å². The van der Waals surface area contributed by atoms with Crippen LogP contribution in [0, 0.1) is 23.7 Å². The summed E-state index contributed by atoms with van der Waals surface area (Å²) in [5.74, 6) is 3.38. The van der Waals surface area contributed by atoms with Crippen molar-refractivity contribution in [1.82, 2.24) is 0 Å². The van der Waals surface area contributed by atoms with Crippen molar-refractivity contribution in [2.75, 3.05) is 13.2 Å². The Morgan fingerprint density at radius 2 is 1.62 bits per heavy atom. The van der Waals surface area contributed by atoms with Crippen molar-refractivity contribution in [3.05, 3.63) is 24.2 Å². The molecule has 0 amide bonds. The first-order valence-electron chi connectivity index (χ1n) is 9.78. The molecule has 24 heavy (non-hydrogen) atoms. The van der Waals surface area contributed by atoms with Gasteiger partial charge in [0.1, 0.15) is 0 Å². The van der Waals surface area contributed by atoms with Gasteiger partial charge in [-0.25, -0.2) is 0 Å². The van der Waals surface area contributed by atoms with Crippen LogP contribution in [0.4, 0.5) is 0 Å². The maximum Gasteiger partial charge on any atom is 0.0937 e. The van der Waals surface area contributed by atoms with Crippen LogP contribution in [0.1, 0.15) is 64.9 Å². The molecule has 1 aromatic rings. The average Bonchev–Trinajstić information content (AvgIpc) is 3.28. The third kappa shape index (κ3) is 4.43. The van der Waals surface area contributed by atoms with Crippen molar-refractivity contribution >= 4 is 0 Å². The predicted octanol–water partition coefficient (Wildman–Crippen LogP) is 5.27. The van der Waals surface area contributed by atoms with Gasteiger partial charge < -0.3 is 13.9 Å². The molecule has 2 fully saturated rings. The lowest BCUT2D eigenvalue weighted by atomic mass is 9.84. The molecule has 3 heterocycles. The molecule has 0 spiro atoms. The third-order valence-electron chi connectivity index (χ3n) is 6.33. The molecule has 1 aromatic heterocycles. The van der Waals surface area contributed by atoms with Gasteiger partial charge in [-0.1, -0.05) is 27.7 Å². The van der Waals surface area contributed by atoms with Gasteiger partial charge in [-0.3, -0.25) is 0 Å². The van der Waals surface area contributed by atoms with Crippen molar-refractivity contribution in [3.8, 4) is 0 Å². The van der Waals surface area contributed by atoms with Crippen LogP contribution < -0.4 is 0 Å². The monoisotopic (exact) mass is 334 g/mol. The molecule has 0 N–H and O–H groups in total. The highest BCUT2D eigenvalue weighted by molar-refractivity contribution is 5.11. The molecule has 2 aliphatic rings. The highest BCUT2D eigenvalue weighted by Crippen LogP contribution is 2.36. The molecule has 3 rings (SSSR count). The maximum absolute atomic E-state index is 6.11. The van der Waals surface area contributed by atoms with Crippen LogP contribution in [0.3, 0.4) is 0 Å². The van der Waals surface area contributed by atoms with Gasteiger partial charge in [-0.15, -0.1) is 0 Å². The second-order valence-electron chi connectivity index (χ2n) is 8.55. The Morgan fingerprint density at radius 1 is 0.958 bits per heavy atom. The summed E-state index contributed by atoms with van der Waals surface area (Å²) in [6.07, 6.45) is 9.23. The summed E-state index contributed by atoms with van der Waals surface area (Å²) in [6.45, 7) is 11.2. The number of rotatable bonds is 7. The standard InChI is InChI=1S/C21H34O3/c1-14(2)18-9-20(23-12-18)8-16(4)19-10-21(24-13-19)7-15(3)17-5-6-22-11-17/h5-6,11,14-16,18-21H,7-10,12-13H2,1-4H3. The van der Waals surface area contributed by atoms with E-state index in [1.54, 1.807) is 6.26 Å². The molecule has 0 saturated carbocycles. The minimum absolute atomic E-state index is 0.398. The van der Waals surface area contributed by atoms with Gasteiger partial charge in [-0.2, -0.15) is 0 Å². The van der Waals surface area contributed by atoms with E-state index in [0.717, 1.165) is 31.5 Å².